The fourth-order valence-corrected chi connectivity index (χ4v) is 3.17. The number of ketones is 1. The number of furan rings is 1. The Morgan fingerprint density at radius 2 is 2.04 bits per heavy atom. The van der Waals surface area contributed by atoms with Crippen molar-refractivity contribution < 1.29 is 29.0 Å². The van der Waals surface area contributed by atoms with Crippen molar-refractivity contribution >= 4 is 11.7 Å². The summed E-state index contributed by atoms with van der Waals surface area (Å²) in [6.07, 6.45) is 1.48. The zero-order chi connectivity index (χ0) is 19.7. The Bertz CT molecular complexity index is 897. The number of ether oxygens (including phenoxy) is 1. The summed E-state index contributed by atoms with van der Waals surface area (Å²) < 4.78 is 10.4. The number of amides is 1. The zero-order valence-corrected chi connectivity index (χ0v) is 15.3. The van der Waals surface area contributed by atoms with Gasteiger partial charge in [-0.05, 0) is 29.8 Å². The second kappa shape index (κ2) is 7.19. The van der Waals surface area contributed by atoms with Gasteiger partial charge in [0.2, 0.25) is 0 Å². The molecule has 0 aliphatic carbocycles. The van der Waals surface area contributed by atoms with Gasteiger partial charge in [-0.2, -0.15) is 0 Å². The normalized spacial score (nSPS) is 17.1. The monoisotopic (exact) mass is 371 g/mol. The summed E-state index contributed by atoms with van der Waals surface area (Å²) in [5.74, 6) is -1.31. The highest BCUT2D eigenvalue weighted by Crippen LogP contribution is 2.42. The average Bonchev–Trinajstić information content (AvgIpc) is 3.23. The number of carbonyl (C=O) groups is 2. The number of phenols is 1. The Kier molecular flexibility index (Phi) is 4.94. The highest BCUT2D eigenvalue weighted by Gasteiger charge is 2.44. The smallest absolute Gasteiger partial charge is 0.290 e. The summed E-state index contributed by atoms with van der Waals surface area (Å²) in [4.78, 5) is 26.8. The minimum absolute atomic E-state index is 0.0196. The summed E-state index contributed by atoms with van der Waals surface area (Å²) in [6.45, 7) is 3.47. The number of carbonyl (C=O) groups excluding carboxylic acids is 2. The minimum atomic E-state index is -0.839. The Morgan fingerprint density at radius 1 is 1.30 bits per heavy atom. The summed E-state index contributed by atoms with van der Waals surface area (Å²) in [7, 11) is 1.43. The van der Waals surface area contributed by atoms with E-state index in [4.69, 9.17) is 9.15 Å². The number of rotatable bonds is 6. The van der Waals surface area contributed by atoms with Crippen LogP contribution in [0, 0.1) is 5.92 Å². The van der Waals surface area contributed by atoms with Crippen LogP contribution in [0.2, 0.25) is 0 Å². The van der Waals surface area contributed by atoms with Gasteiger partial charge in [-0.15, -0.1) is 0 Å². The molecule has 7 heteroatoms. The number of aliphatic hydroxyl groups excluding tert-OH is 1. The molecule has 27 heavy (non-hydrogen) atoms. The fourth-order valence-electron chi connectivity index (χ4n) is 3.17. The topological polar surface area (TPSA) is 100 Å². The number of aliphatic hydroxyl groups is 1. The van der Waals surface area contributed by atoms with E-state index in [2.05, 4.69) is 0 Å². The summed E-state index contributed by atoms with van der Waals surface area (Å²) in [5.41, 5.74) is 0.507. The molecule has 1 amide bonds. The maximum atomic E-state index is 12.7. The second-order valence-corrected chi connectivity index (χ2v) is 6.63. The number of phenolic OH excluding ortho intramolecular Hbond substituents is 1. The first-order valence-electron chi connectivity index (χ1n) is 8.52. The SMILES string of the molecule is COc1ccc(C2C(C(=O)C(C)C)=C(O)C(=O)N2Cc2ccco2)cc1O. The number of Topliss-reactive ketones (excluding diaryl/α,β-unsaturated/α-hetero) is 1. The first kappa shape index (κ1) is 18.6. The molecule has 0 fully saturated rings. The number of benzene rings is 1. The van der Waals surface area contributed by atoms with Crippen molar-refractivity contribution in [3.63, 3.8) is 0 Å². The molecule has 3 rings (SSSR count). The van der Waals surface area contributed by atoms with Gasteiger partial charge in [0.1, 0.15) is 5.76 Å². The third kappa shape index (κ3) is 3.28. The van der Waals surface area contributed by atoms with Crippen LogP contribution in [0.3, 0.4) is 0 Å². The van der Waals surface area contributed by atoms with Crippen LogP contribution in [-0.2, 0) is 16.1 Å². The largest absolute Gasteiger partial charge is 0.504 e. The Balaban J connectivity index is 2.10. The maximum Gasteiger partial charge on any atom is 0.290 e. The molecule has 7 nitrogen and oxygen atoms in total. The van der Waals surface area contributed by atoms with E-state index >= 15 is 0 Å². The van der Waals surface area contributed by atoms with Gasteiger partial charge in [0.25, 0.3) is 5.91 Å². The molecule has 1 aromatic heterocycles. The average molecular weight is 371 g/mol. The zero-order valence-electron chi connectivity index (χ0n) is 15.3. The van der Waals surface area contributed by atoms with Crippen LogP contribution in [0.25, 0.3) is 0 Å². The molecule has 2 heterocycles. The first-order valence-corrected chi connectivity index (χ1v) is 8.52. The lowest BCUT2D eigenvalue weighted by molar-refractivity contribution is -0.130. The Hall–Kier alpha value is -3.22. The van der Waals surface area contributed by atoms with E-state index in [1.54, 1.807) is 38.1 Å². The Labute approximate surface area is 156 Å². The van der Waals surface area contributed by atoms with Gasteiger partial charge in [-0.25, -0.2) is 0 Å². The van der Waals surface area contributed by atoms with Crippen LogP contribution in [0.1, 0.15) is 31.2 Å². The third-order valence-electron chi connectivity index (χ3n) is 4.52. The molecule has 2 N–H and O–H groups in total. The maximum absolute atomic E-state index is 12.7. The van der Waals surface area contributed by atoms with Crippen molar-refractivity contribution in [2.24, 2.45) is 5.92 Å². The predicted octanol–water partition coefficient (Wildman–Crippen LogP) is 3.11. The van der Waals surface area contributed by atoms with Crippen molar-refractivity contribution in [1.29, 1.82) is 0 Å². The molecule has 1 atom stereocenters. The lowest BCUT2D eigenvalue weighted by Crippen LogP contribution is -2.31. The van der Waals surface area contributed by atoms with Crippen LogP contribution in [0.15, 0.2) is 52.3 Å². The molecule has 0 spiro atoms. The molecule has 1 unspecified atom stereocenters. The summed E-state index contributed by atoms with van der Waals surface area (Å²) >= 11 is 0. The number of methoxy groups -OCH3 is 1. The number of nitrogens with zero attached hydrogens (tertiary/aromatic N) is 1. The van der Waals surface area contributed by atoms with E-state index in [9.17, 15) is 19.8 Å². The summed E-state index contributed by atoms with van der Waals surface area (Å²) in [5, 5.41) is 20.6. The molecular formula is C20H21NO6. The number of hydrogen-bond acceptors (Lipinski definition) is 6. The van der Waals surface area contributed by atoms with Gasteiger partial charge in [-0.3, -0.25) is 9.59 Å². The molecule has 2 aromatic rings. The van der Waals surface area contributed by atoms with Gasteiger partial charge in [0.15, 0.2) is 23.0 Å². The third-order valence-corrected chi connectivity index (χ3v) is 4.52. The molecule has 1 aliphatic rings. The van der Waals surface area contributed by atoms with Gasteiger partial charge >= 0.3 is 0 Å². The van der Waals surface area contributed by atoms with Crippen LogP contribution in [0.5, 0.6) is 11.5 Å². The standard InChI is InChI=1S/C20H21NO6/c1-11(2)18(23)16-17(12-6-7-15(26-3)14(22)9-12)21(20(25)19(16)24)10-13-5-4-8-27-13/h4-9,11,17,22,24H,10H2,1-3H3. The lowest BCUT2D eigenvalue weighted by Gasteiger charge is -2.26. The molecule has 0 saturated heterocycles. The number of aromatic hydroxyl groups is 1. The van der Waals surface area contributed by atoms with Gasteiger partial charge in [0.05, 0.1) is 31.5 Å². The van der Waals surface area contributed by atoms with Crippen LogP contribution in [-0.4, -0.2) is 33.9 Å². The van der Waals surface area contributed by atoms with Crippen LogP contribution < -0.4 is 4.74 Å². The second-order valence-electron chi connectivity index (χ2n) is 6.63. The van der Waals surface area contributed by atoms with E-state index in [0.717, 1.165) is 0 Å². The molecule has 1 aliphatic heterocycles. The van der Waals surface area contributed by atoms with Crippen molar-refractivity contribution in [2.75, 3.05) is 7.11 Å². The van der Waals surface area contributed by atoms with E-state index in [-0.39, 0.29) is 29.4 Å². The number of hydrogen-bond donors (Lipinski definition) is 2. The van der Waals surface area contributed by atoms with Crippen molar-refractivity contribution in [3.8, 4) is 11.5 Å². The van der Waals surface area contributed by atoms with Gasteiger partial charge in [-0.1, -0.05) is 19.9 Å². The van der Waals surface area contributed by atoms with E-state index in [1.165, 1.54) is 24.3 Å². The highest BCUT2D eigenvalue weighted by atomic mass is 16.5. The quantitative estimate of drug-likeness (QED) is 0.809. The molecule has 0 radical (unpaired) electrons. The van der Waals surface area contributed by atoms with Crippen molar-refractivity contribution in [3.05, 3.63) is 59.3 Å². The van der Waals surface area contributed by atoms with Crippen LogP contribution >= 0.6 is 0 Å². The Morgan fingerprint density at radius 3 is 2.59 bits per heavy atom. The predicted molar refractivity (Wildman–Crippen MR) is 96.2 cm³/mol. The van der Waals surface area contributed by atoms with Crippen LogP contribution in [0.4, 0.5) is 0 Å². The van der Waals surface area contributed by atoms with E-state index < -0.39 is 23.6 Å². The molecular weight excluding hydrogens is 350 g/mol. The van der Waals surface area contributed by atoms with Gasteiger partial charge in [0, 0.05) is 5.92 Å². The molecule has 0 saturated carbocycles. The fraction of sp³-hybridized carbons (Fsp3) is 0.300. The van der Waals surface area contributed by atoms with Gasteiger partial charge < -0.3 is 24.3 Å². The van der Waals surface area contributed by atoms with E-state index in [1.807, 2.05) is 0 Å². The minimum Gasteiger partial charge on any atom is -0.504 e. The highest BCUT2D eigenvalue weighted by molar-refractivity contribution is 6.09. The van der Waals surface area contributed by atoms with Crippen molar-refractivity contribution in [1.82, 2.24) is 4.90 Å². The lowest BCUT2D eigenvalue weighted by atomic mass is 9.91. The molecule has 142 valence electrons. The summed E-state index contributed by atoms with van der Waals surface area (Å²) in [6, 6.07) is 7.18. The first-order chi connectivity index (χ1) is 12.8. The molecule has 1 aromatic carbocycles. The molecule has 0 bridgehead atoms. The van der Waals surface area contributed by atoms with E-state index in [0.29, 0.717) is 11.3 Å². The van der Waals surface area contributed by atoms with Crippen molar-refractivity contribution in [2.45, 2.75) is 26.4 Å².